The topological polar surface area (TPSA) is 26.3 Å². The Balaban J connectivity index is 3.20. The van der Waals surface area contributed by atoms with Crippen LogP contribution in [0.2, 0.25) is 0 Å². The number of ether oxygens (including phenoxy) is 1. The van der Waals surface area contributed by atoms with Gasteiger partial charge in [0.1, 0.15) is 0 Å². The molecule has 0 aliphatic rings. The summed E-state index contributed by atoms with van der Waals surface area (Å²) in [7, 11) is 0. The van der Waals surface area contributed by atoms with E-state index in [1.807, 2.05) is 13.0 Å². The lowest BCUT2D eigenvalue weighted by molar-refractivity contribution is -0.143. The monoisotopic (exact) mass is 184 g/mol. The van der Waals surface area contributed by atoms with E-state index in [4.69, 9.17) is 4.74 Å². The fourth-order valence-corrected chi connectivity index (χ4v) is 0.933. The SMILES string of the molecule is CC=CCCCC(=O)OCCCC. The highest BCUT2D eigenvalue weighted by Gasteiger charge is 2.00. The average molecular weight is 184 g/mol. The minimum atomic E-state index is -0.0575. The van der Waals surface area contributed by atoms with E-state index < -0.39 is 0 Å². The van der Waals surface area contributed by atoms with Crippen molar-refractivity contribution in [2.75, 3.05) is 6.61 Å². The predicted molar refractivity (Wildman–Crippen MR) is 54.5 cm³/mol. The summed E-state index contributed by atoms with van der Waals surface area (Å²) in [5.41, 5.74) is 0. The Kier molecular flexibility index (Phi) is 8.73. The van der Waals surface area contributed by atoms with Crippen molar-refractivity contribution in [2.45, 2.75) is 46.0 Å². The molecule has 13 heavy (non-hydrogen) atoms. The van der Waals surface area contributed by atoms with Crippen molar-refractivity contribution in [3.05, 3.63) is 12.2 Å². The third kappa shape index (κ3) is 9.12. The van der Waals surface area contributed by atoms with Gasteiger partial charge < -0.3 is 4.74 Å². The molecule has 0 saturated carbocycles. The van der Waals surface area contributed by atoms with Crippen LogP contribution in [-0.4, -0.2) is 12.6 Å². The van der Waals surface area contributed by atoms with Gasteiger partial charge in [-0.1, -0.05) is 25.5 Å². The van der Waals surface area contributed by atoms with Crippen molar-refractivity contribution < 1.29 is 9.53 Å². The van der Waals surface area contributed by atoms with Crippen LogP contribution in [0, 0.1) is 0 Å². The Morgan fingerprint density at radius 1 is 1.38 bits per heavy atom. The predicted octanol–water partition coefficient (Wildman–Crippen LogP) is 3.08. The molecule has 0 amide bonds. The highest BCUT2D eigenvalue weighted by atomic mass is 16.5. The molecule has 0 radical (unpaired) electrons. The fraction of sp³-hybridized carbons (Fsp3) is 0.727. The maximum Gasteiger partial charge on any atom is 0.305 e. The van der Waals surface area contributed by atoms with Crippen LogP contribution in [0.4, 0.5) is 0 Å². The lowest BCUT2D eigenvalue weighted by Crippen LogP contribution is -2.04. The zero-order valence-electron chi connectivity index (χ0n) is 8.71. The highest BCUT2D eigenvalue weighted by Crippen LogP contribution is 1.99. The fourth-order valence-electron chi connectivity index (χ4n) is 0.933. The van der Waals surface area contributed by atoms with Crippen LogP contribution in [0.15, 0.2) is 12.2 Å². The molecule has 0 heterocycles. The first-order valence-corrected chi connectivity index (χ1v) is 5.08. The molecule has 0 N–H and O–H groups in total. The van der Waals surface area contributed by atoms with E-state index in [1.165, 1.54) is 0 Å². The number of rotatable bonds is 7. The zero-order valence-corrected chi connectivity index (χ0v) is 8.71. The second-order valence-corrected chi connectivity index (χ2v) is 3.04. The summed E-state index contributed by atoms with van der Waals surface area (Å²) in [6, 6.07) is 0. The minimum absolute atomic E-state index is 0.0575. The third-order valence-electron chi connectivity index (χ3n) is 1.75. The lowest BCUT2D eigenvalue weighted by Gasteiger charge is -2.02. The maximum atomic E-state index is 11.0. The normalized spacial score (nSPS) is 10.6. The van der Waals surface area contributed by atoms with Crippen molar-refractivity contribution >= 4 is 5.97 Å². The summed E-state index contributed by atoms with van der Waals surface area (Å²) in [4.78, 5) is 11.0. The summed E-state index contributed by atoms with van der Waals surface area (Å²) >= 11 is 0. The number of carbonyl (C=O) groups excluding carboxylic acids is 1. The van der Waals surface area contributed by atoms with Gasteiger partial charge in [0.2, 0.25) is 0 Å². The van der Waals surface area contributed by atoms with E-state index in [0.29, 0.717) is 13.0 Å². The van der Waals surface area contributed by atoms with Crippen molar-refractivity contribution in [1.29, 1.82) is 0 Å². The van der Waals surface area contributed by atoms with Crippen LogP contribution < -0.4 is 0 Å². The van der Waals surface area contributed by atoms with Crippen LogP contribution in [-0.2, 0) is 9.53 Å². The Morgan fingerprint density at radius 2 is 2.15 bits per heavy atom. The van der Waals surface area contributed by atoms with Crippen LogP contribution >= 0.6 is 0 Å². The molecule has 76 valence electrons. The molecule has 0 spiro atoms. The average Bonchev–Trinajstić information content (AvgIpc) is 2.13. The molecule has 0 rings (SSSR count). The molecule has 0 aliphatic heterocycles. The van der Waals surface area contributed by atoms with E-state index in [1.54, 1.807) is 0 Å². The number of hydrogen-bond donors (Lipinski definition) is 0. The molecule has 0 fully saturated rings. The largest absolute Gasteiger partial charge is 0.466 e. The Morgan fingerprint density at radius 3 is 2.77 bits per heavy atom. The Labute approximate surface area is 81.0 Å². The first kappa shape index (κ1) is 12.2. The number of carbonyl (C=O) groups is 1. The third-order valence-corrected chi connectivity index (χ3v) is 1.75. The second-order valence-electron chi connectivity index (χ2n) is 3.04. The van der Waals surface area contributed by atoms with Crippen molar-refractivity contribution in [3.63, 3.8) is 0 Å². The first-order valence-electron chi connectivity index (χ1n) is 5.08. The van der Waals surface area contributed by atoms with Gasteiger partial charge in [0.15, 0.2) is 0 Å². The summed E-state index contributed by atoms with van der Waals surface area (Å²) in [6.45, 7) is 4.65. The molecule has 0 unspecified atom stereocenters. The first-order chi connectivity index (χ1) is 6.31. The zero-order chi connectivity index (χ0) is 9.94. The van der Waals surface area contributed by atoms with Gasteiger partial charge in [-0.15, -0.1) is 0 Å². The van der Waals surface area contributed by atoms with E-state index in [9.17, 15) is 4.79 Å². The van der Waals surface area contributed by atoms with E-state index in [-0.39, 0.29) is 5.97 Å². The van der Waals surface area contributed by atoms with Crippen molar-refractivity contribution in [2.24, 2.45) is 0 Å². The molecule has 2 nitrogen and oxygen atoms in total. The molecule has 0 aromatic carbocycles. The molecule has 0 saturated heterocycles. The van der Waals surface area contributed by atoms with Crippen LogP contribution in [0.25, 0.3) is 0 Å². The van der Waals surface area contributed by atoms with Gasteiger partial charge >= 0.3 is 5.97 Å². The number of esters is 1. The van der Waals surface area contributed by atoms with Crippen LogP contribution in [0.1, 0.15) is 46.0 Å². The molecular formula is C11H20O2. The van der Waals surface area contributed by atoms with Gasteiger partial charge in [-0.3, -0.25) is 4.79 Å². The van der Waals surface area contributed by atoms with Gasteiger partial charge in [-0.2, -0.15) is 0 Å². The smallest absolute Gasteiger partial charge is 0.305 e. The van der Waals surface area contributed by atoms with E-state index in [2.05, 4.69) is 13.0 Å². The molecule has 0 aromatic rings. The summed E-state index contributed by atoms with van der Waals surface area (Å²) in [6.07, 6.45) is 8.54. The molecule has 0 bridgehead atoms. The standard InChI is InChI=1S/C11H20O2/c1-3-5-7-8-9-11(12)13-10-6-4-2/h3,5H,4,6-10H2,1-2H3. The number of unbranched alkanes of at least 4 members (excludes halogenated alkanes) is 2. The quantitative estimate of drug-likeness (QED) is 0.345. The van der Waals surface area contributed by atoms with Gasteiger partial charge in [-0.05, 0) is 26.2 Å². The van der Waals surface area contributed by atoms with Crippen LogP contribution in [0.5, 0.6) is 0 Å². The maximum absolute atomic E-state index is 11.0. The highest BCUT2D eigenvalue weighted by molar-refractivity contribution is 5.69. The van der Waals surface area contributed by atoms with Gasteiger partial charge in [-0.25, -0.2) is 0 Å². The molecule has 2 heteroatoms. The molecule has 0 atom stereocenters. The van der Waals surface area contributed by atoms with E-state index in [0.717, 1.165) is 25.7 Å². The molecule has 0 aliphatic carbocycles. The summed E-state index contributed by atoms with van der Waals surface area (Å²) in [5.74, 6) is -0.0575. The van der Waals surface area contributed by atoms with Crippen molar-refractivity contribution in [1.82, 2.24) is 0 Å². The Bertz CT molecular complexity index is 150. The summed E-state index contributed by atoms with van der Waals surface area (Å²) in [5, 5.41) is 0. The van der Waals surface area contributed by atoms with Crippen molar-refractivity contribution in [3.8, 4) is 0 Å². The van der Waals surface area contributed by atoms with Gasteiger partial charge in [0.25, 0.3) is 0 Å². The van der Waals surface area contributed by atoms with Crippen LogP contribution in [0.3, 0.4) is 0 Å². The van der Waals surface area contributed by atoms with Gasteiger partial charge in [0, 0.05) is 6.42 Å². The minimum Gasteiger partial charge on any atom is -0.466 e. The lowest BCUT2D eigenvalue weighted by atomic mass is 10.2. The Hall–Kier alpha value is -0.790. The second kappa shape index (κ2) is 9.30. The number of allylic oxidation sites excluding steroid dienone is 2. The van der Waals surface area contributed by atoms with Gasteiger partial charge in [0.05, 0.1) is 6.61 Å². The molecular weight excluding hydrogens is 164 g/mol. The van der Waals surface area contributed by atoms with E-state index >= 15 is 0 Å². The summed E-state index contributed by atoms with van der Waals surface area (Å²) < 4.78 is 5.00. The number of hydrogen-bond acceptors (Lipinski definition) is 2. The molecule has 0 aromatic heterocycles.